The Morgan fingerprint density at radius 3 is 2.91 bits per heavy atom. The maximum atomic E-state index is 11.9. The van der Waals surface area contributed by atoms with Crippen molar-refractivity contribution in [3.8, 4) is 0 Å². The van der Waals surface area contributed by atoms with Crippen molar-refractivity contribution in [3.05, 3.63) is 56.5 Å². The number of benzene rings is 1. The Bertz CT molecular complexity index is 777. The lowest BCUT2D eigenvalue weighted by Crippen LogP contribution is -2.25. The van der Waals surface area contributed by atoms with Crippen LogP contribution in [0.4, 0.5) is 0 Å². The molecule has 3 rings (SSSR count). The highest BCUT2D eigenvalue weighted by molar-refractivity contribution is 7.99. The van der Waals surface area contributed by atoms with Gasteiger partial charge in [-0.1, -0.05) is 35.5 Å². The van der Waals surface area contributed by atoms with Crippen molar-refractivity contribution in [2.24, 2.45) is 0 Å². The number of carbonyl (C=O) groups excluding carboxylic acids is 1. The van der Waals surface area contributed by atoms with Crippen molar-refractivity contribution < 1.29 is 4.79 Å². The number of H-pyrrole nitrogens is 1. The van der Waals surface area contributed by atoms with E-state index in [4.69, 9.17) is 11.6 Å². The van der Waals surface area contributed by atoms with Crippen LogP contribution in [0.15, 0.2) is 34.2 Å². The molecule has 0 fully saturated rings. The number of carbonyl (C=O) groups is 1. The first kappa shape index (κ1) is 16.4. The van der Waals surface area contributed by atoms with E-state index in [1.54, 1.807) is 23.9 Å². The minimum Gasteiger partial charge on any atom is -0.351 e. The second kappa shape index (κ2) is 7.42. The fourth-order valence-corrected chi connectivity index (χ4v) is 3.97. The van der Waals surface area contributed by atoms with Gasteiger partial charge in [0.15, 0.2) is 5.16 Å². The van der Waals surface area contributed by atoms with Gasteiger partial charge in [0.1, 0.15) is 0 Å². The minimum atomic E-state index is -0.109. The summed E-state index contributed by atoms with van der Waals surface area (Å²) < 4.78 is 0. The number of nitrogens with one attached hydrogen (secondary N) is 2. The molecule has 1 aliphatic rings. The molecule has 23 heavy (non-hydrogen) atoms. The molecule has 0 saturated heterocycles. The Balaban J connectivity index is 1.52. The summed E-state index contributed by atoms with van der Waals surface area (Å²) in [4.78, 5) is 30.9. The number of nitrogens with zero attached hydrogens (tertiary/aromatic N) is 1. The number of aromatic amines is 1. The van der Waals surface area contributed by atoms with Gasteiger partial charge in [0, 0.05) is 28.6 Å². The zero-order chi connectivity index (χ0) is 16.2. The lowest BCUT2D eigenvalue weighted by atomic mass is 10.2. The molecule has 2 N–H and O–H groups in total. The van der Waals surface area contributed by atoms with Gasteiger partial charge in [0.25, 0.3) is 5.56 Å². The molecule has 0 aliphatic carbocycles. The van der Waals surface area contributed by atoms with Crippen molar-refractivity contribution in [2.75, 3.05) is 5.75 Å². The lowest BCUT2D eigenvalue weighted by Gasteiger charge is -2.06. The summed E-state index contributed by atoms with van der Waals surface area (Å²) in [6.07, 6.45) is 0. The first-order chi connectivity index (χ1) is 11.1. The third-order valence-corrected chi connectivity index (χ3v) is 5.40. The van der Waals surface area contributed by atoms with Crippen molar-refractivity contribution in [3.63, 3.8) is 0 Å². The molecular formula is C15H14ClN3O2S2. The van der Waals surface area contributed by atoms with Crippen LogP contribution < -0.4 is 10.9 Å². The summed E-state index contributed by atoms with van der Waals surface area (Å²) in [7, 11) is 0. The molecule has 1 aromatic carbocycles. The van der Waals surface area contributed by atoms with Gasteiger partial charge >= 0.3 is 0 Å². The molecule has 5 nitrogen and oxygen atoms in total. The van der Waals surface area contributed by atoms with Crippen molar-refractivity contribution >= 4 is 41.0 Å². The Labute approximate surface area is 146 Å². The van der Waals surface area contributed by atoms with Gasteiger partial charge in [-0.3, -0.25) is 9.59 Å². The van der Waals surface area contributed by atoms with Gasteiger partial charge in [-0.25, -0.2) is 4.98 Å². The number of hydrogen-bond acceptors (Lipinski definition) is 5. The van der Waals surface area contributed by atoms with Crippen molar-refractivity contribution in [2.45, 2.75) is 23.2 Å². The molecule has 0 atom stereocenters. The Hall–Kier alpha value is -1.44. The fourth-order valence-electron chi connectivity index (χ4n) is 2.10. The molecule has 1 aromatic heterocycles. The molecule has 0 unspecified atom stereocenters. The summed E-state index contributed by atoms with van der Waals surface area (Å²) in [5.74, 6) is 1.57. The van der Waals surface area contributed by atoms with E-state index in [0.29, 0.717) is 22.5 Å². The Morgan fingerprint density at radius 1 is 1.35 bits per heavy atom. The number of rotatable bonds is 5. The van der Waals surface area contributed by atoms with E-state index in [2.05, 4.69) is 15.3 Å². The molecule has 8 heteroatoms. The van der Waals surface area contributed by atoms with E-state index in [1.165, 1.54) is 11.8 Å². The molecular weight excluding hydrogens is 354 g/mol. The molecule has 0 radical (unpaired) electrons. The highest BCUT2D eigenvalue weighted by Gasteiger charge is 2.18. The smallest absolute Gasteiger partial charge is 0.255 e. The van der Waals surface area contributed by atoms with E-state index in [1.807, 2.05) is 12.1 Å². The van der Waals surface area contributed by atoms with Gasteiger partial charge in [-0.15, -0.1) is 0 Å². The molecule has 0 bridgehead atoms. The van der Waals surface area contributed by atoms with E-state index < -0.39 is 0 Å². The summed E-state index contributed by atoms with van der Waals surface area (Å²) in [6, 6.07) is 7.31. The molecule has 2 heterocycles. The Kier molecular flexibility index (Phi) is 5.30. The average Bonchev–Trinajstić information content (AvgIpc) is 3.01. The van der Waals surface area contributed by atoms with Gasteiger partial charge in [0.2, 0.25) is 5.91 Å². The summed E-state index contributed by atoms with van der Waals surface area (Å²) in [5.41, 5.74) is 2.48. The van der Waals surface area contributed by atoms with Gasteiger partial charge in [0.05, 0.1) is 11.4 Å². The molecule has 1 amide bonds. The second-order valence-corrected chi connectivity index (χ2v) is 7.37. The van der Waals surface area contributed by atoms with Crippen LogP contribution >= 0.6 is 35.1 Å². The maximum Gasteiger partial charge on any atom is 0.255 e. The van der Waals surface area contributed by atoms with E-state index in [9.17, 15) is 9.59 Å². The van der Waals surface area contributed by atoms with Crippen LogP contribution in [0.25, 0.3) is 0 Å². The lowest BCUT2D eigenvalue weighted by molar-refractivity contribution is -0.118. The minimum absolute atomic E-state index is 0.0935. The third-order valence-electron chi connectivity index (χ3n) is 3.31. The number of thioether (sulfide) groups is 2. The van der Waals surface area contributed by atoms with Gasteiger partial charge in [-0.2, -0.15) is 11.8 Å². The first-order valence-electron chi connectivity index (χ1n) is 6.95. The number of amides is 1. The first-order valence-corrected chi connectivity index (χ1v) is 9.47. The monoisotopic (exact) mass is 367 g/mol. The van der Waals surface area contributed by atoms with Gasteiger partial charge in [-0.05, 0) is 17.7 Å². The van der Waals surface area contributed by atoms with Crippen LogP contribution in [-0.2, 0) is 22.8 Å². The highest BCUT2D eigenvalue weighted by atomic mass is 35.5. The quantitative estimate of drug-likeness (QED) is 0.627. The normalized spacial score (nSPS) is 12.9. The molecule has 120 valence electrons. The molecule has 2 aromatic rings. The molecule has 1 aliphatic heterocycles. The predicted molar refractivity (Wildman–Crippen MR) is 93.9 cm³/mol. The summed E-state index contributed by atoms with van der Waals surface area (Å²) >= 11 is 8.73. The fraction of sp³-hybridized carbons (Fsp3) is 0.267. The summed E-state index contributed by atoms with van der Waals surface area (Å²) in [6.45, 7) is 0.446. The highest BCUT2D eigenvalue weighted by Crippen LogP contribution is 2.26. The van der Waals surface area contributed by atoms with E-state index in [0.717, 1.165) is 22.6 Å². The van der Waals surface area contributed by atoms with Crippen molar-refractivity contribution in [1.82, 2.24) is 15.3 Å². The number of hydrogen-bond donors (Lipinski definition) is 2. The number of fused-ring (bicyclic) bond motifs is 1. The second-order valence-electron chi connectivity index (χ2n) is 4.98. The average molecular weight is 368 g/mol. The maximum absolute atomic E-state index is 11.9. The topological polar surface area (TPSA) is 74.8 Å². The van der Waals surface area contributed by atoms with Crippen LogP contribution in [0, 0.1) is 0 Å². The SMILES string of the molecule is O=C(CSc1nc2c(c(=O)[nH]1)CSC2)NCc1ccc(Cl)cc1. The van der Waals surface area contributed by atoms with Crippen LogP contribution in [0.5, 0.6) is 0 Å². The van der Waals surface area contributed by atoms with E-state index >= 15 is 0 Å². The van der Waals surface area contributed by atoms with Gasteiger partial charge < -0.3 is 10.3 Å². The molecule has 0 spiro atoms. The van der Waals surface area contributed by atoms with E-state index in [-0.39, 0.29) is 17.2 Å². The van der Waals surface area contributed by atoms with Crippen molar-refractivity contribution in [1.29, 1.82) is 0 Å². The predicted octanol–water partition coefficient (Wildman–Crippen LogP) is 2.58. The number of aromatic nitrogens is 2. The molecule has 0 saturated carbocycles. The number of halogens is 1. The van der Waals surface area contributed by atoms with Crippen LogP contribution in [0.3, 0.4) is 0 Å². The Morgan fingerprint density at radius 2 is 2.13 bits per heavy atom. The van der Waals surface area contributed by atoms with Crippen LogP contribution in [0.2, 0.25) is 5.02 Å². The summed E-state index contributed by atoms with van der Waals surface area (Å²) in [5, 5.41) is 3.99. The standard InChI is InChI=1S/C15H14ClN3O2S2/c16-10-3-1-9(2-4-10)5-17-13(20)8-23-15-18-12-7-22-6-11(12)14(21)19-15/h1-4H,5-8H2,(H,17,20)(H,18,19,21). The van der Waals surface area contributed by atoms with Crippen LogP contribution in [0.1, 0.15) is 16.8 Å². The zero-order valence-electron chi connectivity index (χ0n) is 12.1. The largest absolute Gasteiger partial charge is 0.351 e. The van der Waals surface area contributed by atoms with Crippen LogP contribution in [-0.4, -0.2) is 21.6 Å². The zero-order valence-corrected chi connectivity index (χ0v) is 14.5. The third kappa shape index (κ3) is 4.31.